The normalized spacial score (nSPS) is 10.6. The van der Waals surface area contributed by atoms with E-state index < -0.39 is 0 Å². The van der Waals surface area contributed by atoms with E-state index in [0.717, 1.165) is 22.9 Å². The number of ketones is 1. The fourth-order valence-electron chi connectivity index (χ4n) is 1.16. The van der Waals surface area contributed by atoms with Gasteiger partial charge in [0, 0.05) is 4.88 Å². The third-order valence-electron chi connectivity index (χ3n) is 2.03. The molecule has 0 N–H and O–H groups in total. The number of rotatable bonds is 6. The van der Waals surface area contributed by atoms with E-state index in [0.29, 0.717) is 18.0 Å². The molecule has 15 heavy (non-hydrogen) atoms. The molecule has 0 spiro atoms. The fraction of sp³-hybridized carbons (Fsp3) is 0.636. The fourth-order valence-corrected chi connectivity index (χ4v) is 2.89. The zero-order chi connectivity index (χ0) is 11.3. The minimum absolute atomic E-state index is 0.294. The van der Waals surface area contributed by atoms with Crippen molar-refractivity contribution < 1.29 is 4.79 Å². The molecule has 2 nitrogen and oxygen atoms in total. The summed E-state index contributed by atoms with van der Waals surface area (Å²) in [4.78, 5) is 17.1. The lowest BCUT2D eigenvalue weighted by Gasteiger charge is -1.97. The molecule has 1 heterocycles. The van der Waals surface area contributed by atoms with Crippen LogP contribution in [0.3, 0.4) is 0 Å². The first kappa shape index (κ1) is 12.7. The summed E-state index contributed by atoms with van der Waals surface area (Å²) in [6.45, 7) is 6.17. The highest BCUT2D eigenvalue weighted by atomic mass is 32.2. The lowest BCUT2D eigenvalue weighted by atomic mass is 10.3. The van der Waals surface area contributed by atoms with Crippen LogP contribution < -0.4 is 0 Å². The van der Waals surface area contributed by atoms with E-state index >= 15 is 0 Å². The van der Waals surface area contributed by atoms with Gasteiger partial charge in [0.05, 0.1) is 17.9 Å². The lowest BCUT2D eigenvalue weighted by molar-refractivity contribution is -0.116. The Labute approximate surface area is 99.5 Å². The number of Topliss-reactive ketones (excluding diaryl/α,β-unsaturated/α-hetero) is 1. The van der Waals surface area contributed by atoms with E-state index in [1.54, 1.807) is 23.1 Å². The SMILES string of the molecule is CCCSCC(=O)Cc1nc(C)c(C)s1. The van der Waals surface area contributed by atoms with Gasteiger partial charge in [-0.25, -0.2) is 4.98 Å². The van der Waals surface area contributed by atoms with E-state index in [-0.39, 0.29) is 0 Å². The average Bonchev–Trinajstić information content (AvgIpc) is 2.46. The second kappa shape index (κ2) is 6.28. The standard InChI is InChI=1S/C11H17NOS2/c1-4-5-14-7-10(13)6-11-12-8(2)9(3)15-11/h4-7H2,1-3H3. The third-order valence-corrected chi connectivity index (χ3v) is 4.33. The zero-order valence-corrected chi connectivity index (χ0v) is 11.1. The van der Waals surface area contributed by atoms with Crippen molar-refractivity contribution in [3.63, 3.8) is 0 Å². The molecule has 0 atom stereocenters. The molecule has 0 aliphatic rings. The van der Waals surface area contributed by atoms with E-state index in [1.807, 2.05) is 13.8 Å². The molecule has 84 valence electrons. The zero-order valence-electron chi connectivity index (χ0n) is 9.50. The largest absolute Gasteiger partial charge is 0.298 e. The van der Waals surface area contributed by atoms with Crippen molar-refractivity contribution in [2.75, 3.05) is 11.5 Å². The minimum Gasteiger partial charge on any atom is -0.298 e. The summed E-state index contributed by atoms with van der Waals surface area (Å²) in [6.07, 6.45) is 1.64. The molecule has 0 radical (unpaired) electrons. The van der Waals surface area contributed by atoms with Crippen molar-refractivity contribution in [2.45, 2.75) is 33.6 Å². The number of aryl methyl sites for hydroxylation is 2. The first-order valence-electron chi connectivity index (χ1n) is 5.15. The van der Waals surface area contributed by atoms with Gasteiger partial charge in [-0.15, -0.1) is 11.3 Å². The molecule has 0 aromatic carbocycles. The topological polar surface area (TPSA) is 30.0 Å². The molecular weight excluding hydrogens is 226 g/mol. The second-order valence-corrected chi connectivity index (χ2v) is 5.91. The number of thiazole rings is 1. The molecule has 1 rings (SSSR count). The van der Waals surface area contributed by atoms with Crippen LogP contribution in [0.2, 0.25) is 0 Å². The van der Waals surface area contributed by atoms with Gasteiger partial charge >= 0.3 is 0 Å². The molecule has 1 aromatic heterocycles. The predicted molar refractivity (Wildman–Crippen MR) is 67.9 cm³/mol. The summed E-state index contributed by atoms with van der Waals surface area (Å²) in [7, 11) is 0. The highest BCUT2D eigenvalue weighted by molar-refractivity contribution is 7.99. The van der Waals surface area contributed by atoms with Gasteiger partial charge in [-0.2, -0.15) is 11.8 Å². The molecule has 0 amide bonds. The van der Waals surface area contributed by atoms with Crippen LogP contribution in [-0.4, -0.2) is 22.3 Å². The van der Waals surface area contributed by atoms with Crippen LogP contribution in [-0.2, 0) is 11.2 Å². The summed E-state index contributed by atoms with van der Waals surface area (Å²) in [5.74, 6) is 2.00. The lowest BCUT2D eigenvalue weighted by Crippen LogP contribution is -2.05. The maximum absolute atomic E-state index is 11.6. The molecule has 0 saturated carbocycles. The van der Waals surface area contributed by atoms with Crippen LogP contribution in [0.1, 0.15) is 28.9 Å². The number of carbonyl (C=O) groups is 1. The number of hydrogen-bond donors (Lipinski definition) is 0. The highest BCUT2D eigenvalue weighted by Crippen LogP contribution is 2.17. The summed E-state index contributed by atoms with van der Waals surface area (Å²) in [5.41, 5.74) is 1.06. The maximum Gasteiger partial charge on any atom is 0.149 e. The predicted octanol–water partition coefficient (Wildman–Crippen LogP) is 3.01. The third kappa shape index (κ3) is 4.34. The number of nitrogens with zero attached hydrogens (tertiary/aromatic N) is 1. The Bertz CT molecular complexity index is 314. The van der Waals surface area contributed by atoms with E-state index in [2.05, 4.69) is 11.9 Å². The van der Waals surface area contributed by atoms with Gasteiger partial charge in [-0.1, -0.05) is 6.92 Å². The van der Waals surface area contributed by atoms with Crippen molar-refractivity contribution in [3.8, 4) is 0 Å². The second-order valence-electron chi connectivity index (χ2n) is 3.52. The summed E-state index contributed by atoms with van der Waals surface area (Å²) in [6, 6.07) is 0. The smallest absolute Gasteiger partial charge is 0.149 e. The van der Waals surface area contributed by atoms with Crippen LogP contribution in [0.4, 0.5) is 0 Å². The Kier molecular flexibility index (Phi) is 5.32. The Morgan fingerprint density at radius 3 is 2.73 bits per heavy atom. The van der Waals surface area contributed by atoms with Crippen LogP contribution in [0, 0.1) is 13.8 Å². The molecule has 0 fully saturated rings. The van der Waals surface area contributed by atoms with E-state index in [9.17, 15) is 4.79 Å². The molecule has 0 saturated heterocycles. The van der Waals surface area contributed by atoms with Gasteiger partial charge in [0.25, 0.3) is 0 Å². The number of hydrogen-bond acceptors (Lipinski definition) is 4. The van der Waals surface area contributed by atoms with Crippen LogP contribution in [0.25, 0.3) is 0 Å². The van der Waals surface area contributed by atoms with Crippen molar-refractivity contribution in [1.82, 2.24) is 4.98 Å². The quantitative estimate of drug-likeness (QED) is 0.719. The van der Waals surface area contributed by atoms with Gasteiger partial charge < -0.3 is 0 Å². The van der Waals surface area contributed by atoms with Crippen molar-refractivity contribution >= 4 is 28.9 Å². The maximum atomic E-state index is 11.6. The molecule has 0 aliphatic heterocycles. The summed E-state index contributed by atoms with van der Waals surface area (Å²) in [5, 5.41) is 0.965. The molecule has 0 aliphatic carbocycles. The van der Waals surface area contributed by atoms with Crippen molar-refractivity contribution in [3.05, 3.63) is 15.6 Å². The average molecular weight is 243 g/mol. The summed E-state index contributed by atoms with van der Waals surface area (Å²) >= 11 is 3.36. The molecule has 1 aromatic rings. The monoisotopic (exact) mass is 243 g/mol. The van der Waals surface area contributed by atoms with Crippen molar-refractivity contribution in [2.24, 2.45) is 0 Å². The number of carbonyl (C=O) groups excluding carboxylic acids is 1. The van der Waals surface area contributed by atoms with Gasteiger partial charge in [0.15, 0.2) is 0 Å². The van der Waals surface area contributed by atoms with Crippen LogP contribution in [0.5, 0.6) is 0 Å². The van der Waals surface area contributed by atoms with Gasteiger partial charge in [-0.05, 0) is 26.0 Å². The Balaban J connectivity index is 2.37. The van der Waals surface area contributed by atoms with Crippen LogP contribution >= 0.6 is 23.1 Å². The van der Waals surface area contributed by atoms with Gasteiger partial charge in [0.2, 0.25) is 0 Å². The van der Waals surface area contributed by atoms with Gasteiger partial charge in [-0.3, -0.25) is 4.79 Å². The van der Waals surface area contributed by atoms with Gasteiger partial charge in [0.1, 0.15) is 10.8 Å². The number of thioether (sulfide) groups is 1. The molecular formula is C11H17NOS2. The number of aromatic nitrogens is 1. The Morgan fingerprint density at radius 2 is 2.20 bits per heavy atom. The Hall–Kier alpha value is -0.350. The first-order valence-corrected chi connectivity index (χ1v) is 7.13. The highest BCUT2D eigenvalue weighted by Gasteiger charge is 2.08. The first-order chi connectivity index (χ1) is 7.13. The Morgan fingerprint density at radius 1 is 1.47 bits per heavy atom. The molecule has 0 unspecified atom stereocenters. The van der Waals surface area contributed by atoms with Crippen LogP contribution in [0.15, 0.2) is 0 Å². The molecule has 0 bridgehead atoms. The van der Waals surface area contributed by atoms with E-state index in [1.165, 1.54) is 4.88 Å². The molecule has 4 heteroatoms. The summed E-state index contributed by atoms with van der Waals surface area (Å²) < 4.78 is 0. The minimum atomic E-state index is 0.294. The van der Waals surface area contributed by atoms with Crippen molar-refractivity contribution in [1.29, 1.82) is 0 Å². The van der Waals surface area contributed by atoms with E-state index in [4.69, 9.17) is 0 Å².